The minimum absolute atomic E-state index is 0.155. The number of hydrogen-bond acceptors (Lipinski definition) is 2. The van der Waals surface area contributed by atoms with Crippen LogP contribution >= 0.6 is 11.6 Å². The maximum absolute atomic E-state index is 13.0. The van der Waals surface area contributed by atoms with Gasteiger partial charge in [0, 0.05) is 12.7 Å². The standard InChI is InChI=1S/C23H27ClFN3/c1-2-21-22(28-15-19(24)7-10-23(28)26-21)16-27-13-11-18(12-14-27)4-3-17-5-8-20(25)9-6-17/h5-10,15,18H,2-4,11-14,16H2,1H3. The molecule has 1 fully saturated rings. The number of imidazole rings is 1. The molecule has 2 aromatic heterocycles. The predicted molar refractivity (Wildman–Crippen MR) is 112 cm³/mol. The molecular formula is C23H27ClFN3. The fourth-order valence-electron chi connectivity index (χ4n) is 4.23. The van der Waals surface area contributed by atoms with Crippen LogP contribution in [0.3, 0.4) is 0 Å². The number of rotatable bonds is 6. The molecule has 0 N–H and O–H groups in total. The average Bonchev–Trinajstić information content (AvgIpc) is 3.05. The Morgan fingerprint density at radius 3 is 2.57 bits per heavy atom. The highest BCUT2D eigenvalue weighted by atomic mass is 35.5. The van der Waals surface area contributed by atoms with Crippen LogP contribution in [0.15, 0.2) is 42.6 Å². The van der Waals surface area contributed by atoms with Gasteiger partial charge in [-0.1, -0.05) is 30.7 Å². The highest BCUT2D eigenvalue weighted by Crippen LogP contribution is 2.25. The van der Waals surface area contributed by atoms with Gasteiger partial charge >= 0.3 is 0 Å². The normalized spacial score (nSPS) is 16.1. The van der Waals surface area contributed by atoms with Crippen LogP contribution in [0.5, 0.6) is 0 Å². The fraction of sp³-hybridized carbons (Fsp3) is 0.435. The third-order valence-electron chi connectivity index (χ3n) is 5.93. The van der Waals surface area contributed by atoms with E-state index in [1.165, 1.54) is 36.2 Å². The van der Waals surface area contributed by atoms with Crippen molar-refractivity contribution < 1.29 is 4.39 Å². The number of halogens is 2. The first kappa shape index (κ1) is 19.4. The highest BCUT2D eigenvalue weighted by molar-refractivity contribution is 6.30. The number of hydrogen-bond donors (Lipinski definition) is 0. The van der Waals surface area contributed by atoms with Gasteiger partial charge < -0.3 is 4.40 Å². The molecule has 28 heavy (non-hydrogen) atoms. The van der Waals surface area contributed by atoms with Crippen molar-refractivity contribution in [2.75, 3.05) is 13.1 Å². The topological polar surface area (TPSA) is 20.5 Å². The second-order valence-electron chi connectivity index (χ2n) is 7.82. The Morgan fingerprint density at radius 2 is 1.86 bits per heavy atom. The number of piperidine rings is 1. The molecule has 4 rings (SSSR count). The van der Waals surface area contributed by atoms with Crippen LogP contribution in [0, 0.1) is 11.7 Å². The second-order valence-corrected chi connectivity index (χ2v) is 8.26. The van der Waals surface area contributed by atoms with Crippen LogP contribution in [-0.4, -0.2) is 27.4 Å². The number of nitrogens with zero attached hydrogens (tertiary/aromatic N) is 3. The monoisotopic (exact) mass is 399 g/mol. The van der Waals surface area contributed by atoms with Crippen molar-refractivity contribution in [2.24, 2.45) is 5.92 Å². The summed E-state index contributed by atoms with van der Waals surface area (Å²) in [6.07, 6.45) is 7.58. The molecule has 3 nitrogen and oxygen atoms in total. The summed E-state index contributed by atoms with van der Waals surface area (Å²) in [5.41, 5.74) is 4.65. The van der Waals surface area contributed by atoms with Gasteiger partial charge in [0.15, 0.2) is 0 Å². The second kappa shape index (κ2) is 8.62. The summed E-state index contributed by atoms with van der Waals surface area (Å²) >= 11 is 6.22. The molecule has 0 bridgehead atoms. The van der Waals surface area contributed by atoms with Gasteiger partial charge in [-0.15, -0.1) is 0 Å². The van der Waals surface area contributed by atoms with Crippen LogP contribution in [0.1, 0.15) is 43.1 Å². The van der Waals surface area contributed by atoms with Gasteiger partial charge in [-0.05, 0) is 80.9 Å². The number of likely N-dealkylation sites (tertiary alicyclic amines) is 1. The molecule has 3 aromatic rings. The summed E-state index contributed by atoms with van der Waals surface area (Å²) in [4.78, 5) is 7.31. The number of benzene rings is 1. The van der Waals surface area contributed by atoms with Gasteiger partial charge in [-0.3, -0.25) is 4.90 Å². The highest BCUT2D eigenvalue weighted by Gasteiger charge is 2.21. The van der Waals surface area contributed by atoms with Crippen molar-refractivity contribution in [2.45, 2.75) is 45.6 Å². The lowest BCUT2D eigenvalue weighted by molar-refractivity contribution is 0.170. The molecule has 0 unspecified atom stereocenters. The van der Waals surface area contributed by atoms with Gasteiger partial charge in [0.1, 0.15) is 11.5 Å². The van der Waals surface area contributed by atoms with E-state index in [2.05, 4.69) is 16.2 Å². The molecule has 0 saturated carbocycles. The first-order valence-electron chi connectivity index (χ1n) is 10.2. The van der Waals surface area contributed by atoms with E-state index >= 15 is 0 Å². The van der Waals surface area contributed by atoms with E-state index in [9.17, 15) is 4.39 Å². The van der Waals surface area contributed by atoms with Crippen LogP contribution in [0.2, 0.25) is 5.02 Å². The van der Waals surface area contributed by atoms with Gasteiger partial charge in [0.05, 0.1) is 16.4 Å². The Kier molecular flexibility index (Phi) is 5.98. The minimum Gasteiger partial charge on any atom is -0.301 e. The largest absolute Gasteiger partial charge is 0.301 e. The van der Waals surface area contributed by atoms with Crippen molar-refractivity contribution >= 4 is 17.2 Å². The predicted octanol–water partition coefficient (Wildman–Crippen LogP) is 5.53. The van der Waals surface area contributed by atoms with Crippen LogP contribution < -0.4 is 0 Å². The smallest absolute Gasteiger partial charge is 0.137 e. The molecule has 1 aliphatic rings. The Bertz CT molecular complexity index is 927. The Morgan fingerprint density at radius 1 is 1.11 bits per heavy atom. The van der Waals surface area contributed by atoms with E-state index in [0.717, 1.165) is 49.1 Å². The molecular weight excluding hydrogens is 373 g/mol. The summed E-state index contributed by atoms with van der Waals surface area (Å²) in [6, 6.07) is 10.8. The Labute approximate surface area is 171 Å². The summed E-state index contributed by atoms with van der Waals surface area (Å²) in [7, 11) is 0. The molecule has 0 spiro atoms. The molecule has 1 saturated heterocycles. The lowest BCUT2D eigenvalue weighted by Gasteiger charge is -2.32. The van der Waals surface area contributed by atoms with E-state index < -0.39 is 0 Å². The Hall–Kier alpha value is -1.91. The molecule has 0 atom stereocenters. The quantitative estimate of drug-likeness (QED) is 0.543. The van der Waals surface area contributed by atoms with E-state index in [1.54, 1.807) is 12.1 Å². The fourth-order valence-corrected chi connectivity index (χ4v) is 4.39. The zero-order valence-electron chi connectivity index (χ0n) is 16.4. The van der Waals surface area contributed by atoms with Crippen molar-refractivity contribution in [3.8, 4) is 0 Å². The first-order valence-corrected chi connectivity index (χ1v) is 10.6. The third-order valence-corrected chi connectivity index (χ3v) is 6.16. The molecule has 1 aliphatic heterocycles. The molecule has 0 aliphatic carbocycles. The van der Waals surface area contributed by atoms with Crippen molar-refractivity contribution in [3.63, 3.8) is 0 Å². The van der Waals surface area contributed by atoms with Gasteiger partial charge in [-0.25, -0.2) is 9.37 Å². The summed E-state index contributed by atoms with van der Waals surface area (Å²) < 4.78 is 15.2. The molecule has 0 radical (unpaired) electrons. The Balaban J connectivity index is 1.35. The first-order chi connectivity index (χ1) is 13.6. The van der Waals surface area contributed by atoms with Crippen LogP contribution in [-0.2, 0) is 19.4 Å². The molecule has 1 aromatic carbocycles. The summed E-state index contributed by atoms with van der Waals surface area (Å²) in [6.45, 7) is 5.32. The zero-order valence-corrected chi connectivity index (χ0v) is 17.1. The van der Waals surface area contributed by atoms with E-state index in [-0.39, 0.29) is 5.82 Å². The number of pyridine rings is 1. The van der Waals surface area contributed by atoms with Crippen molar-refractivity contribution in [1.82, 2.24) is 14.3 Å². The van der Waals surface area contributed by atoms with Gasteiger partial charge in [0.25, 0.3) is 0 Å². The van der Waals surface area contributed by atoms with Crippen LogP contribution in [0.25, 0.3) is 5.65 Å². The minimum atomic E-state index is -0.155. The van der Waals surface area contributed by atoms with E-state index in [0.29, 0.717) is 0 Å². The molecule has 3 heterocycles. The van der Waals surface area contributed by atoms with E-state index in [1.807, 2.05) is 30.5 Å². The SMILES string of the molecule is CCc1nc2ccc(Cl)cn2c1CN1CCC(CCc2ccc(F)cc2)CC1. The molecule has 5 heteroatoms. The number of aromatic nitrogens is 2. The van der Waals surface area contributed by atoms with E-state index in [4.69, 9.17) is 16.6 Å². The number of fused-ring (bicyclic) bond motifs is 1. The molecule has 148 valence electrons. The zero-order chi connectivity index (χ0) is 19.5. The summed E-state index contributed by atoms with van der Waals surface area (Å²) in [5, 5.41) is 0.744. The van der Waals surface area contributed by atoms with Crippen LogP contribution in [0.4, 0.5) is 4.39 Å². The maximum atomic E-state index is 13.0. The van der Waals surface area contributed by atoms with Gasteiger partial charge in [-0.2, -0.15) is 0 Å². The lowest BCUT2D eigenvalue weighted by Crippen LogP contribution is -2.34. The van der Waals surface area contributed by atoms with Crippen molar-refractivity contribution in [1.29, 1.82) is 0 Å². The van der Waals surface area contributed by atoms with Gasteiger partial charge in [0.2, 0.25) is 0 Å². The molecule has 0 amide bonds. The number of aryl methyl sites for hydroxylation is 2. The lowest BCUT2D eigenvalue weighted by atomic mass is 9.90. The average molecular weight is 400 g/mol. The maximum Gasteiger partial charge on any atom is 0.137 e. The third kappa shape index (κ3) is 4.39. The van der Waals surface area contributed by atoms with Crippen molar-refractivity contribution in [3.05, 3.63) is 70.4 Å². The summed E-state index contributed by atoms with van der Waals surface area (Å²) in [5.74, 6) is 0.598.